The standard InChI is InChI=1S/C12H16N4O/c1-3-11-7-17-9(2)6-16(11)12-10(4-13)5-14-8-15-12/h5,8-9,11H,3,6-7H2,1-2H3. The smallest absolute Gasteiger partial charge is 0.150 e. The lowest BCUT2D eigenvalue weighted by molar-refractivity contribution is 0.0296. The summed E-state index contributed by atoms with van der Waals surface area (Å²) in [5.74, 6) is 0.726. The number of nitriles is 1. The first-order chi connectivity index (χ1) is 8.26. The molecule has 1 fully saturated rings. The summed E-state index contributed by atoms with van der Waals surface area (Å²) in [4.78, 5) is 10.3. The van der Waals surface area contributed by atoms with E-state index in [0.717, 1.165) is 18.8 Å². The molecule has 1 saturated heterocycles. The third kappa shape index (κ3) is 2.37. The van der Waals surface area contributed by atoms with Gasteiger partial charge in [0, 0.05) is 6.54 Å². The van der Waals surface area contributed by atoms with Gasteiger partial charge in [-0.3, -0.25) is 0 Å². The molecule has 1 aromatic heterocycles. The lowest BCUT2D eigenvalue weighted by Gasteiger charge is -2.39. The van der Waals surface area contributed by atoms with E-state index in [4.69, 9.17) is 10.00 Å². The van der Waals surface area contributed by atoms with Gasteiger partial charge in [-0.05, 0) is 13.3 Å². The van der Waals surface area contributed by atoms with Gasteiger partial charge in [-0.2, -0.15) is 5.26 Å². The van der Waals surface area contributed by atoms with Crippen LogP contribution in [-0.4, -0.2) is 35.3 Å². The van der Waals surface area contributed by atoms with Crippen LogP contribution in [0.15, 0.2) is 12.5 Å². The van der Waals surface area contributed by atoms with Crippen LogP contribution in [0.4, 0.5) is 5.82 Å². The summed E-state index contributed by atoms with van der Waals surface area (Å²) in [7, 11) is 0. The second kappa shape index (κ2) is 5.11. The Kier molecular flexibility index (Phi) is 3.55. The second-order valence-corrected chi connectivity index (χ2v) is 4.23. The SMILES string of the molecule is CCC1COC(C)CN1c1ncncc1C#N. The van der Waals surface area contributed by atoms with Crippen LogP contribution in [0.5, 0.6) is 0 Å². The van der Waals surface area contributed by atoms with Crippen molar-refractivity contribution in [3.63, 3.8) is 0 Å². The highest BCUT2D eigenvalue weighted by Crippen LogP contribution is 2.23. The molecular formula is C12H16N4O. The quantitative estimate of drug-likeness (QED) is 0.770. The first-order valence-electron chi connectivity index (χ1n) is 5.84. The van der Waals surface area contributed by atoms with Crippen LogP contribution in [0.25, 0.3) is 0 Å². The maximum Gasteiger partial charge on any atom is 0.150 e. The predicted molar refractivity (Wildman–Crippen MR) is 63.6 cm³/mol. The van der Waals surface area contributed by atoms with Gasteiger partial charge in [-0.15, -0.1) is 0 Å². The number of morpholine rings is 1. The van der Waals surface area contributed by atoms with Gasteiger partial charge < -0.3 is 9.64 Å². The van der Waals surface area contributed by atoms with Crippen LogP contribution in [0.2, 0.25) is 0 Å². The first-order valence-corrected chi connectivity index (χ1v) is 5.84. The maximum absolute atomic E-state index is 9.09. The average Bonchev–Trinajstić information content (AvgIpc) is 2.38. The van der Waals surface area contributed by atoms with Crippen molar-refractivity contribution in [1.29, 1.82) is 5.26 Å². The monoisotopic (exact) mass is 232 g/mol. The molecule has 0 N–H and O–H groups in total. The molecule has 0 bridgehead atoms. The zero-order valence-electron chi connectivity index (χ0n) is 10.1. The molecule has 2 heterocycles. The van der Waals surface area contributed by atoms with E-state index >= 15 is 0 Å². The summed E-state index contributed by atoms with van der Waals surface area (Å²) in [6.45, 7) is 5.60. The van der Waals surface area contributed by atoms with E-state index in [9.17, 15) is 0 Å². The van der Waals surface area contributed by atoms with Gasteiger partial charge in [0.15, 0.2) is 0 Å². The molecule has 90 valence electrons. The third-order valence-corrected chi connectivity index (χ3v) is 3.02. The zero-order valence-corrected chi connectivity index (χ0v) is 10.1. The molecule has 0 spiro atoms. The summed E-state index contributed by atoms with van der Waals surface area (Å²) >= 11 is 0. The fourth-order valence-electron chi connectivity index (χ4n) is 2.07. The van der Waals surface area contributed by atoms with Crippen molar-refractivity contribution < 1.29 is 4.74 Å². The molecular weight excluding hydrogens is 216 g/mol. The predicted octanol–water partition coefficient (Wildman–Crippen LogP) is 1.35. The molecule has 0 aromatic carbocycles. The normalized spacial score (nSPS) is 24.4. The number of rotatable bonds is 2. The lowest BCUT2D eigenvalue weighted by Crippen LogP contribution is -2.49. The van der Waals surface area contributed by atoms with Gasteiger partial charge in [0.05, 0.1) is 24.9 Å². The van der Waals surface area contributed by atoms with Crippen LogP contribution in [0.3, 0.4) is 0 Å². The topological polar surface area (TPSA) is 62.0 Å². The maximum atomic E-state index is 9.09. The molecule has 0 amide bonds. The van der Waals surface area contributed by atoms with Gasteiger partial charge in [0.2, 0.25) is 0 Å². The summed E-state index contributed by atoms with van der Waals surface area (Å²) in [5, 5.41) is 9.09. The van der Waals surface area contributed by atoms with Crippen molar-refractivity contribution in [2.75, 3.05) is 18.1 Å². The number of aromatic nitrogens is 2. The van der Waals surface area contributed by atoms with Crippen LogP contribution in [0.1, 0.15) is 25.8 Å². The molecule has 1 aliphatic rings. The first kappa shape index (κ1) is 11.8. The van der Waals surface area contributed by atoms with Crippen LogP contribution in [0, 0.1) is 11.3 Å². The number of hydrogen-bond donors (Lipinski definition) is 0. The molecule has 0 aliphatic carbocycles. The van der Waals surface area contributed by atoms with E-state index in [2.05, 4.69) is 27.9 Å². The number of ether oxygens (including phenoxy) is 1. The summed E-state index contributed by atoms with van der Waals surface area (Å²) < 4.78 is 5.64. The summed E-state index contributed by atoms with van der Waals surface area (Å²) in [6, 6.07) is 2.43. The van der Waals surface area contributed by atoms with Crippen molar-refractivity contribution >= 4 is 5.82 Å². The Labute approximate surface area is 101 Å². The molecule has 0 saturated carbocycles. The zero-order chi connectivity index (χ0) is 12.3. The van der Waals surface area contributed by atoms with E-state index in [0.29, 0.717) is 12.2 Å². The van der Waals surface area contributed by atoms with Crippen molar-refractivity contribution in [1.82, 2.24) is 9.97 Å². The Morgan fingerprint density at radius 1 is 1.65 bits per heavy atom. The minimum absolute atomic E-state index is 0.166. The highest BCUT2D eigenvalue weighted by molar-refractivity contribution is 5.53. The van der Waals surface area contributed by atoms with Crippen LogP contribution in [-0.2, 0) is 4.74 Å². The minimum Gasteiger partial charge on any atom is -0.375 e. The summed E-state index contributed by atoms with van der Waals surface area (Å²) in [5.41, 5.74) is 0.528. The van der Waals surface area contributed by atoms with E-state index in [1.807, 2.05) is 6.92 Å². The van der Waals surface area contributed by atoms with Crippen LogP contribution >= 0.6 is 0 Å². The number of hydrogen-bond acceptors (Lipinski definition) is 5. The Bertz CT molecular complexity index is 429. The van der Waals surface area contributed by atoms with Gasteiger partial charge in [-0.1, -0.05) is 6.92 Å². The Morgan fingerprint density at radius 2 is 2.47 bits per heavy atom. The molecule has 2 atom stereocenters. The van der Waals surface area contributed by atoms with Gasteiger partial charge in [0.25, 0.3) is 0 Å². The van der Waals surface area contributed by atoms with Crippen molar-refractivity contribution in [3.8, 4) is 6.07 Å². The Hall–Kier alpha value is -1.67. The molecule has 5 heteroatoms. The highest BCUT2D eigenvalue weighted by atomic mass is 16.5. The summed E-state index contributed by atoms with van der Waals surface area (Å²) in [6.07, 6.45) is 4.19. The Morgan fingerprint density at radius 3 is 3.18 bits per heavy atom. The van der Waals surface area contributed by atoms with E-state index in [-0.39, 0.29) is 12.1 Å². The van der Waals surface area contributed by atoms with Gasteiger partial charge in [0.1, 0.15) is 23.8 Å². The molecule has 2 unspecified atom stereocenters. The van der Waals surface area contributed by atoms with Crippen molar-refractivity contribution in [2.24, 2.45) is 0 Å². The lowest BCUT2D eigenvalue weighted by atomic mass is 10.1. The molecule has 0 radical (unpaired) electrons. The van der Waals surface area contributed by atoms with Crippen molar-refractivity contribution in [2.45, 2.75) is 32.4 Å². The number of anilines is 1. The van der Waals surface area contributed by atoms with Gasteiger partial charge in [-0.25, -0.2) is 9.97 Å². The fourth-order valence-corrected chi connectivity index (χ4v) is 2.07. The highest BCUT2D eigenvalue weighted by Gasteiger charge is 2.28. The van der Waals surface area contributed by atoms with E-state index in [1.54, 1.807) is 6.20 Å². The molecule has 2 rings (SSSR count). The largest absolute Gasteiger partial charge is 0.375 e. The minimum atomic E-state index is 0.166. The molecule has 1 aromatic rings. The van der Waals surface area contributed by atoms with Crippen LogP contribution < -0.4 is 4.90 Å². The fraction of sp³-hybridized carbons (Fsp3) is 0.583. The average molecular weight is 232 g/mol. The third-order valence-electron chi connectivity index (χ3n) is 3.02. The molecule has 5 nitrogen and oxygen atoms in total. The molecule has 1 aliphatic heterocycles. The number of nitrogens with zero attached hydrogens (tertiary/aromatic N) is 4. The van der Waals surface area contributed by atoms with E-state index in [1.165, 1.54) is 6.33 Å². The second-order valence-electron chi connectivity index (χ2n) is 4.23. The Balaban J connectivity index is 2.32. The van der Waals surface area contributed by atoms with E-state index < -0.39 is 0 Å². The van der Waals surface area contributed by atoms with Gasteiger partial charge >= 0.3 is 0 Å². The molecule has 17 heavy (non-hydrogen) atoms. The van der Waals surface area contributed by atoms with Crippen molar-refractivity contribution in [3.05, 3.63) is 18.1 Å².